The van der Waals surface area contributed by atoms with Crippen molar-refractivity contribution >= 4 is 8.32 Å². The Kier molecular flexibility index (Phi) is 5.90. The van der Waals surface area contributed by atoms with Crippen LogP contribution in [0.4, 0.5) is 0 Å². The van der Waals surface area contributed by atoms with E-state index in [4.69, 9.17) is 13.9 Å². The van der Waals surface area contributed by atoms with E-state index in [0.29, 0.717) is 0 Å². The second kappa shape index (κ2) is 6.97. The van der Waals surface area contributed by atoms with Crippen molar-refractivity contribution in [3.05, 3.63) is 0 Å². The van der Waals surface area contributed by atoms with Gasteiger partial charge in [0.05, 0.1) is 12.2 Å². The van der Waals surface area contributed by atoms with Gasteiger partial charge in [0, 0.05) is 12.5 Å². The Morgan fingerprint density at radius 3 is 2.33 bits per heavy atom. The molecule has 0 unspecified atom stereocenters. The molecule has 2 rings (SSSR count). The summed E-state index contributed by atoms with van der Waals surface area (Å²) >= 11 is 0. The first kappa shape index (κ1) is 20.3. The molecular formula is C18H36O5Si. The Morgan fingerprint density at radius 2 is 1.79 bits per heavy atom. The molecule has 2 N–H and O–H groups in total. The van der Waals surface area contributed by atoms with Crippen molar-refractivity contribution in [1.82, 2.24) is 0 Å². The standard InChI is InChI=1S/C18H36O5Si/c1-17(2,3)24(6,7)23-15-12(11-19)9-8-10-13-16(14(15)20)22-18(4,5)21-13/h12-16,19-20H,8-11H2,1-7H3/t12-,13-,14-,15-,16-/m0/s1. The molecule has 0 radical (unpaired) electrons. The lowest BCUT2D eigenvalue weighted by Gasteiger charge is -2.44. The summed E-state index contributed by atoms with van der Waals surface area (Å²) < 4.78 is 18.6. The van der Waals surface area contributed by atoms with E-state index >= 15 is 0 Å². The molecule has 0 amide bonds. The van der Waals surface area contributed by atoms with Crippen LogP contribution in [0.5, 0.6) is 0 Å². The second-order valence-electron chi connectivity index (χ2n) is 9.35. The molecule has 0 aromatic carbocycles. The molecule has 2 aliphatic rings. The second-order valence-corrected chi connectivity index (χ2v) is 14.1. The molecule has 0 bridgehead atoms. The van der Waals surface area contributed by atoms with Gasteiger partial charge in [-0.2, -0.15) is 0 Å². The normalized spacial score (nSPS) is 37.6. The van der Waals surface area contributed by atoms with Gasteiger partial charge < -0.3 is 24.1 Å². The molecule has 1 aliphatic carbocycles. The molecule has 1 aliphatic heterocycles. The molecule has 0 aromatic heterocycles. The highest BCUT2D eigenvalue weighted by atomic mass is 28.4. The molecule has 1 saturated heterocycles. The predicted octanol–water partition coefficient (Wildman–Crippen LogP) is 3.05. The third-order valence-corrected chi connectivity index (χ3v) is 10.4. The van der Waals surface area contributed by atoms with Crippen LogP contribution >= 0.6 is 0 Å². The van der Waals surface area contributed by atoms with Gasteiger partial charge in [0.1, 0.15) is 12.2 Å². The number of ether oxygens (including phenoxy) is 2. The fraction of sp³-hybridized carbons (Fsp3) is 1.00. The van der Waals surface area contributed by atoms with Crippen LogP contribution < -0.4 is 0 Å². The first-order valence-corrected chi connectivity index (χ1v) is 12.1. The lowest BCUT2D eigenvalue weighted by atomic mass is 9.85. The van der Waals surface area contributed by atoms with Crippen molar-refractivity contribution in [2.75, 3.05) is 6.61 Å². The monoisotopic (exact) mass is 360 g/mol. The van der Waals surface area contributed by atoms with Crippen molar-refractivity contribution in [2.24, 2.45) is 5.92 Å². The molecule has 2 fully saturated rings. The SMILES string of the molecule is CC1(C)O[C@@H]2[C@@H](O)[C@@H](O[Si](C)(C)C(C)(C)C)[C@H](CO)CCC[C@@H]2O1. The van der Waals surface area contributed by atoms with Gasteiger partial charge in [0.25, 0.3) is 0 Å². The zero-order chi connectivity index (χ0) is 18.3. The fourth-order valence-electron chi connectivity index (χ4n) is 3.47. The van der Waals surface area contributed by atoms with E-state index in [1.807, 2.05) is 13.8 Å². The maximum Gasteiger partial charge on any atom is 0.192 e. The average Bonchev–Trinajstić information content (AvgIpc) is 2.73. The van der Waals surface area contributed by atoms with E-state index in [1.165, 1.54) is 0 Å². The summed E-state index contributed by atoms with van der Waals surface area (Å²) in [6.45, 7) is 14.7. The molecule has 6 heteroatoms. The molecule has 1 heterocycles. The highest BCUT2D eigenvalue weighted by Gasteiger charge is 2.51. The smallest absolute Gasteiger partial charge is 0.192 e. The molecule has 5 atom stereocenters. The van der Waals surface area contributed by atoms with Crippen LogP contribution in [0, 0.1) is 5.92 Å². The summed E-state index contributed by atoms with van der Waals surface area (Å²) in [7, 11) is -2.08. The van der Waals surface area contributed by atoms with E-state index < -0.39 is 32.4 Å². The zero-order valence-electron chi connectivity index (χ0n) is 16.3. The van der Waals surface area contributed by atoms with Crippen LogP contribution in [0.2, 0.25) is 18.1 Å². The number of hydrogen-bond donors (Lipinski definition) is 2. The van der Waals surface area contributed by atoms with Gasteiger partial charge in [-0.3, -0.25) is 0 Å². The highest BCUT2D eigenvalue weighted by molar-refractivity contribution is 6.74. The van der Waals surface area contributed by atoms with E-state index in [1.54, 1.807) is 0 Å². The van der Waals surface area contributed by atoms with E-state index in [9.17, 15) is 10.2 Å². The Labute approximate surface area is 147 Å². The predicted molar refractivity (Wildman–Crippen MR) is 96.3 cm³/mol. The van der Waals surface area contributed by atoms with Gasteiger partial charge in [-0.05, 0) is 44.8 Å². The molecule has 1 saturated carbocycles. The average molecular weight is 361 g/mol. The van der Waals surface area contributed by atoms with Gasteiger partial charge in [-0.15, -0.1) is 0 Å². The van der Waals surface area contributed by atoms with Crippen LogP contribution in [-0.2, 0) is 13.9 Å². The zero-order valence-corrected chi connectivity index (χ0v) is 17.3. The summed E-state index contributed by atoms with van der Waals surface area (Å²) in [6.07, 6.45) is 0.901. The summed E-state index contributed by atoms with van der Waals surface area (Å²) in [5, 5.41) is 21.0. The van der Waals surface area contributed by atoms with Gasteiger partial charge >= 0.3 is 0 Å². The molecule has 142 valence electrons. The minimum Gasteiger partial charge on any atom is -0.411 e. The van der Waals surface area contributed by atoms with Crippen LogP contribution in [0.1, 0.15) is 53.9 Å². The largest absolute Gasteiger partial charge is 0.411 e. The number of aliphatic hydroxyl groups excluding tert-OH is 2. The minimum absolute atomic E-state index is 0.0258. The maximum absolute atomic E-state index is 11.1. The Balaban J connectivity index is 2.27. The lowest BCUT2D eigenvalue weighted by Crippen LogP contribution is -2.55. The quantitative estimate of drug-likeness (QED) is 0.757. The number of aliphatic hydroxyl groups is 2. The third kappa shape index (κ3) is 4.22. The van der Waals surface area contributed by atoms with Crippen molar-refractivity contribution < 1.29 is 24.1 Å². The molecule has 24 heavy (non-hydrogen) atoms. The number of rotatable bonds is 3. The summed E-state index contributed by atoms with van der Waals surface area (Å²) in [5.41, 5.74) is 0. The van der Waals surface area contributed by atoms with Crippen LogP contribution in [-0.4, -0.2) is 55.3 Å². The highest BCUT2D eigenvalue weighted by Crippen LogP contribution is 2.42. The molecular weight excluding hydrogens is 324 g/mol. The van der Waals surface area contributed by atoms with Crippen molar-refractivity contribution in [3.63, 3.8) is 0 Å². The Morgan fingerprint density at radius 1 is 1.17 bits per heavy atom. The molecule has 0 spiro atoms. The molecule has 0 aromatic rings. The lowest BCUT2D eigenvalue weighted by molar-refractivity contribution is -0.164. The van der Waals surface area contributed by atoms with Crippen LogP contribution in [0.3, 0.4) is 0 Å². The Hall–Kier alpha value is 0.0169. The third-order valence-electron chi connectivity index (χ3n) is 5.89. The van der Waals surface area contributed by atoms with Gasteiger partial charge in [0.15, 0.2) is 14.1 Å². The van der Waals surface area contributed by atoms with E-state index in [2.05, 4.69) is 33.9 Å². The van der Waals surface area contributed by atoms with Crippen LogP contribution in [0.15, 0.2) is 0 Å². The van der Waals surface area contributed by atoms with Crippen LogP contribution in [0.25, 0.3) is 0 Å². The first-order valence-electron chi connectivity index (χ1n) is 9.20. The van der Waals surface area contributed by atoms with Gasteiger partial charge in [-0.25, -0.2) is 0 Å². The maximum atomic E-state index is 11.1. The summed E-state index contributed by atoms with van der Waals surface area (Å²) in [5.74, 6) is -0.751. The molecule has 5 nitrogen and oxygen atoms in total. The van der Waals surface area contributed by atoms with E-state index in [0.717, 1.165) is 19.3 Å². The minimum atomic E-state index is -2.08. The van der Waals surface area contributed by atoms with Crippen molar-refractivity contribution in [1.29, 1.82) is 0 Å². The Bertz CT molecular complexity index is 432. The van der Waals surface area contributed by atoms with Crippen molar-refractivity contribution in [2.45, 2.75) is 102 Å². The van der Waals surface area contributed by atoms with Gasteiger partial charge in [0.2, 0.25) is 0 Å². The fourth-order valence-corrected chi connectivity index (χ4v) is 4.83. The number of fused-ring (bicyclic) bond motifs is 1. The first-order chi connectivity index (χ1) is 10.9. The summed E-state index contributed by atoms with van der Waals surface area (Å²) in [4.78, 5) is 0. The van der Waals surface area contributed by atoms with Crippen molar-refractivity contribution in [3.8, 4) is 0 Å². The topological polar surface area (TPSA) is 68.2 Å². The van der Waals surface area contributed by atoms with E-state index in [-0.39, 0.29) is 23.7 Å². The summed E-state index contributed by atoms with van der Waals surface area (Å²) in [6, 6.07) is 0. The van der Waals surface area contributed by atoms with Gasteiger partial charge in [-0.1, -0.05) is 27.2 Å². The number of hydrogen-bond acceptors (Lipinski definition) is 5.